The van der Waals surface area contributed by atoms with Crippen molar-refractivity contribution in [2.45, 2.75) is 38.5 Å². The second kappa shape index (κ2) is 9.82. The quantitative estimate of drug-likeness (QED) is 0.655. The van der Waals surface area contributed by atoms with E-state index in [4.69, 9.17) is 10.2 Å². The van der Waals surface area contributed by atoms with Crippen molar-refractivity contribution in [1.82, 2.24) is 10.3 Å². The minimum Gasteiger partial charge on any atom is -0.444 e. The predicted molar refractivity (Wildman–Crippen MR) is 90.8 cm³/mol. The summed E-state index contributed by atoms with van der Waals surface area (Å²) in [6.45, 7) is 1.24. The smallest absolute Gasteiger partial charge is 0.226 e. The molecule has 24 heavy (non-hydrogen) atoms. The number of benzene rings is 1. The van der Waals surface area contributed by atoms with Gasteiger partial charge in [-0.25, -0.2) is 9.37 Å². The lowest BCUT2D eigenvalue weighted by atomic mass is 10.1. The Morgan fingerprint density at radius 2 is 1.92 bits per heavy atom. The van der Waals surface area contributed by atoms with Crippen LogP contribution in [0.2, 0.25) is 0 Å². The Kier molecular flexibility index (Phi) is 7.42. The summed E-state index contributed by atoms with van der Waals surface area (Å²) in [5, 5.41) is 2.88. The fraction of sp³-hybridized carbons (Fsp3) is 0.444. The maximum atomic E-state index is 12.9. The zero-order valence-corrected chi connectivity index (χ0v) is 13.8. The largest absolute Gasteiger partial charge is 0.444 e. The summed E-state index contributed by atoms with van der Waals surface area (Å²) in [4.78, 5) is 16.1. The predicted octanol–water partition coefficient (Wildman–Crippen LogP) is 3.05. The van der Waals surface area contributed by atoms with Crippen LogP contribution in [0.4, 0.5) is 4.39 Å². The standard InChI is InChI=1S/C18H24FN3O2/c19-15-8-6-14(7-9-15)18-22-16(13-24-18)10-12-21-17(23)5-3-1-2-4-11-20/h6-9,13H,1-5,10-12,20H2,(H,21,23). The molecule has 2 rings (SSSR count). The molecule has 0 atom stereocenters. The number of nitrogens with zero attached hydrogens (tertiary/aromatic N) is 1. The lowest BCUT2D eigenvalue weighted by Gasteiger charge is -2.03. The molecule has 0 spiro atoms. The van der Waals surface area contributed by atoms with Gasteiger partial charge in [0.25, 0.3) is 0 Å². The summed E-state index contributed by atoms with van der Waals surface area (Å²) >= 11 is 0. The van der Waals surface area contributed by atoms with E-state index in [0.717, 1.165) is 36.9 Å². The van der Waals surface area contributed by atoms with Gasteiger partial charge in [-0.2, -0.15) is 0 Å². The highest BCUT2D eigenvalue weighted by Crippen LogP contribution is 2.18. The average Bonchev–Trinajstić information content (AvgIpc) is 3.04. The van der Waals surface area contributed by atoms with Crippen LogP contribution in [0.1, 0.15) is 37.8 Å². The Hall–Kier alpha value is -2.21. The highest BCUT2D eigenvalue weighted by Gasteiger charge is 2.07. The Balaban J connectivity index is 1.68. The monoisotopic (exact) mass is 333 g/mol. The van der Waals surface area contributed by atoms with Crippen LogP contribution < -0.4 is 11.1 Å². The third-order valence-corrected chi connectivity index (χ3v) is 3.70. The van der Waals surface area contributed by atoms with Gasteiger partial charge in [-0.05, 0) is 43.7 Å². The molecule has 0 radical (unpaired) electrons. The number of oxazole rings is 1. The molecule has 6 heteroatoms. The normalized spacial score (nSPS) is 10.8. The van der Waals surface area contributed by atoms with Crippen LogP contribution in [0.25, 0.3) is 11.5 Å². The maximum Gasteiger partial charge on any atom is 0.226 e. The molecule has 0 fully saturated rings. The van der Waals surface area contributed by atoms with Crippen molar-refractivity contribution in [1.29, 1.82) is 0 Å². The summed E-state index contributed by atoms with van der Waals surface area (Å²) < 4.78 is 18.3. The van der Waals surface area contributed by atoms with Crippen molar-refractivity contribution in [3.8, 4) is 11.5 Å². The number of carbonyl (C=O) groups excluding carboxylic acids is 1. The van der Waals surface area contributed by atoms with E-state index >= 15 is 0 Å². The number of carbonyl (C=O) groups is 1. The Morgan fingerprint density at radius 3 is 2.67 bits per heavy atom. The van der Waals surface area contributed by atoms with Crippen LogP contribution in [0.15, 0.2) is 34.9 Å². The highest BCUT2D eigenvalue weighted by molar-refractivity contribution is 5.75. The summed E-state index contributed by atoms with van der Waals surface area (Å²) in [5.41, 5.74) is 6.92. The third kappa shape index (κ3) is 6.12. The Bertz CT molecular complexity index is 625. The van der Waals surface area contributed by atoms with Gasteiger partial charge in [-0.15, -0.1) is 0 Å². The summed E-state index contributed by atoms with van der Waals surface area (Å²) in [7, 11) is 0. The van der Waals surface area contributed by atoms with Gasteiger partial charge >= 0.3 is 0 Å². The Labute approximate surface area is 141 Å². The average molecular weight is 333 g/mol. The van der Waals surface area contributed by atoms with Crippen molar-refractivity contribution >= 4 is 5.91 Å². The molecule has 2 aromatic rings. The first-order chi connectivity index (χ1) is 11.7. The number of aromatic nitrogens is 1. The lowest BCUT2D eigenvalue weighted by molar-refractivity contribution is -0.121. The SMILES string of the molecule is NCCCCCCC(=O)NCCc1coc(-c2ccc(F)cc2)n1. The molecule has 0 saturated carbocycles. The Morgan fingerprint density at radius 1 is 1.17 bits per heavy atom. The van der Waals surface area contributed by atoms with E-state index in [1.165, 1.54) is 12.1 Å². The molecule has 1 heterocycles. The number of hydrogen-bond donors (Lipinski definition) is 2. The van der Waals surface area contributed by atoms with Gasteiger partial charge in [-0.3, -0.25) is 4.79 Å². The van der Waals surface area contributed by atoms with E-state index in [2.05, 4.69) is 10.3 Å². The summed E-state index contributed by atoms with van der Waals surface area (Å²) in [5.74, 6) is 0.220. The zero-order valence-electron chi connectivity index (χ0n) is 13.8. The molecule has 0 bridgehead atoms. The number of hydrogen-bond acceptors (Lipinski definition) is 4. The second-order valence-electron chi connectivity index (χ2n) is 5.70. The zero-order chi connectivity index (χ0) is 17.2. The molecule has 0 saturated heterocycles. The van der Waals surface area contributed by atoms with Gasteiger partial charge in [0, 0.05) is 24.9 Å². The molecule has 0 unspecified atom stereocenters. The summed E-state index contributed by atoms with van der Waals surface area (Å²) in [6, 6.07) is 5.98. The first-order valence-corrected chi connectivity index (χ1v) is 8.36. The number of amides is 1. The minimum atomic E-state index is -0.295. The van der Waals surface area contributed by atoms with Crippen LogP contribution in [0.5, 0.6) is 0 Å². The number of rotatable bonds is 10. The van der Waals surface area contributed by atoms with E-state index in [-0.39, 0.29) is 11.7 Å². The third-order valence-electron chi connectivity index (χ3n) is 3.70. The van der Waals surface area contributed by atoms with Crippen LogP contribution >= 0.6 is 0 Å². The van der Waals surface area contributed by atoms with Crippen molar-refractivity contribution in [3.63, 3.8) is 0 Å². The van der Waals surface area contributed by atoms with Crippen LogP contribution in [-0.2, 0) is 11.2 Å². The van der Waals surface area contributed by atoms with Gasteiger partial charge in [-0.1, -0.05) is 12.8 Å². The van der Waals surface area contributed by atoms with Gasteiger partial charge in [0.15, 0.2) is 0 Å². The molecule has 3 N–H and O–H groups in total. The summed E-state index contributed by atoms with van der Waals surface area (Å²) in [6.07, 6.45) is 6.74. The molecular formula is C18H24FN3O2. The van der Waals surface area contributed by atoms with E-state index in [1.54, 1.807) is 18.4 Å². The number of nitrogens with one attached hydrogen (secondary N) is 1. The van der Waals surface area contributed by atoms with Crippen molar-refractivity contribution in [2.24, 2.45) is 5.73 Å². The van der Waals surface area contributed by atoms with Gasteiger partial charge < -0.3 is 15.5 Å². The van der Waals surface area contributed by atoms with Crippen molar-refractivity contribution in [2.75, 3.05) is 13.1 Å². The molecule has 130 valence electrons. The highest BCUT2D eigenvalue weighted by atomic mass is 19.1. The molecule has 0 aliphatic carbocycles. The van der Waals surface area contributed by atoms with Crippen molar-refractivity contribution in [3.05, 3.63) is 42.0 Å². The lowest BCUT2D eigenvalue weighted by Crippen LogP contribution is -2.25. The van der Waals surface area contributed by atoms with E-state index < -0.39 is 0 Å². The van der Waals surface area contributed by atoms with Gasteiger partial charge in [0.2, 0.25) is 11.8 Å². The van der Waals surface area contributed by atoms with Crippen LogP contribution in [-0.4, -0.2) is 24.0 Å². The second-order valence-corrected chi connectivity index (χ2v) is 5.70. The van der Waals surface area contributed by atoms with Crippen LogP contribution in [0, 0.1) is 5.82 Å². The van der Waals surface area contributed by atoms with E-state index in [1.807, 2.05) is 0 Å². The van der Waals surface area contributed by atoms with Gasteiger partial charge in [0.05, 0.1) is 5.69 Å². The molecule has 0 aliphatic heterocycles. The number of nitrogens with two attached hydrogens (primary N) is 1. The van der Waals surface area contributed by atoms with Crippen LogP contribution in [0.3, 0.4) is 0 Å². The van der Waals surface area contributed by atoms with Crippen molar-refractivity contribution < 1.29 is 13.6 Å². The topological polar surface area (TPSA) is 81.2 Å². The molecule has 1 aromatic carbocycles. The molecular weight excluding hydrogens is 309 g/mol. The minimum absolute atomic E-state index is 0.0602. The number of halogens is 1. The molecule has 0 aliphatic rings. The fourth-order valence-electron chi connectivity index (χ4n) is 2.35. The molecule has 1 amide bonds. The first-order valence-electron chi connectivity index (χ1n) is 8.36. The van der Waals surface area contributed by atoms with E-state index in [0.29, 0.717) is 31.8 Å². The van der Waals surface area contributed by atoms with E-state index in [9.17, 15) is 9.18 Å². The first kappa shape index (κ1) is 18.1. The number of unbranched alkanes of at least 4 members (excludes halogenated alkanes) is 3. The fourth-order valence-corrected chi connectivity index (χ4v) is 2.35. The van der Waals surface area contributed by atoms with Gasteiger partial charge in [0.1, 0.15) is 12.1 Å². The molecule has 5 nitrogen and oxygen atoms in total. The molecule has 1 aromatic heterocycles. The maximum absolute atomic E-state index is 12.9.